The summed E-state index contributed by atoms with van der Waals surface area (Å²) in [7, 11) is 0. The molecule has 0 saturated carbocycles. The average molecular weight is 224 g/mol. The van der Waals surface area contributed by atoms with Crippen molar-refractivity contribution >= 4 is 11.6 Å². The second-order valence-electron chi connectivity index (χ2n) is 4.07. The molecule has 3 N–H and O–H groups in total. The number of hydrogen-bond acceptors (Lipinski definition) is 2. The quantitative estimate of drug-likeness (QED) is 0.825. The molecule has 0 aliphatic carbocycles. The Morgan fingerprint density at radius 3 is 2.56 bits per heavy atom. The molecule has 0 aliphatic rings. The first-order chi connectivity index (χ1) is 7.43. The highest BCUT2D eigenvalue weighted by atomic mass is 19.1. The third kappa shape index (κ3) is 2.79. The fourth-order valence-corrected chi connectivity index (χ4v) is 1.27. The first kappa shape index (κ1) is 12.6. The lowest BCUT2D eigenvalue weighted by atomic mass is 10.0. The molecule has 0 aliphatic heterocycles. The summed E-state index contributed by atoms with van der Waals surface area (Å²) in [5, 5.41) is 2.57. The Labute approximate surface area is 94.8 Å². The second-order valence-corrected chi connectivity index (χ2v) is 4.07. The van der Waals surface area contributed by atoms with Gasteiger partial charge in [0.15, 0.2) is 0 Å². The van der Waals surface area contributed by atoms with Crippen LogP contribution in [0.5, 0.6) is 0 Å². The van der Waals surface area contributed by atoms with E-state index < -0.39 is 5.82 Å². The van der Waals surface area contributed by atoms with Crippen molar-refractivity contribution in [2.24, 2.45) is 11.7 Å². The van der Waals surface area contributed by atoms with Gasteiger partial charge in [-0.05, 0) is 25.5 Å². The maximum absolute atomic E-state index is 13.4. The van der Waals surface area contributed by atoms with Gasteiger partial charge in [-0.25, -0.2) is 4.39 Å². The van der Waals surface area contributed by atoms with Gasteiger partial charge in [-0.2, -0.15) is 0 Å². The van der Waals surface area contributed by atoms with Crippen LogP contribution in [0.1, 0.15) is 19.4 Å². The van der Waals surface area contributed by atoms with Gasteiger partial charge in [-0.3, -0.25) is 4.79 Å². The molecule has 0 aromatic heterocycles. The molecule has 0 spiro atoms. The van der Waals surface area contributed by atoms with Gasteiger partial charge in [0.1, 0.15) is 5.82 Å². The number of aryl methyl sites for hydroxylation is 1. The van der Waals surface area contributed by atoms with Gasteiger partial charge in [0.2, 0.25) is 5.91 Å². The number of benzene rings is 1. The molecule has 4 heteroatoms. The summed E-state index contributed by atoms with van der Waals surface area (Å²) < 4.78 is 13.4. The number of anilines is 1. The zero-order valence-corrected chi connectivity index (χ0v) is 9.75. The minimum Gasteiger partial charge on any atom is -0.327 e. The number of para-hydroxylation sites is 1. The normalized spacial score (nSPS) is 14.3. The molecule has 0 saturated heterocycles. The van der Waals surface area contributed by atoms with Gasteiger partial charge in [0, 0.05) is 6.04 Å². The van der Waals surface area contributed by atoms with Crippen molar-refractivity contribution in [2.45, 2.75) is 26.8 Å². The molecule has 1 amide bonds. The Morgan fingerprint density at radius 1 is 1.44 bits per heavy atom. The van der Waals surface area contributed by atoms with Crippen LogP contribution in [0, 0.1) is 18.7 Å². The Hall–Kier alpha value is -1.42. The largest absolute Gasteiger partial charge is 0.327 e. The lowest BCUT2D eigenvalue weighted by Gasteiger charge is -2.16. The lowest BCUT2D eigenvalue weighted by Crippen LogP contribution is -2.34. The van der Waals surface area contributed by atoms with E-state index in [4.69, 9.17) is 5.73 Å². The van der Waals surface area contributed by atoms with Crippen LogP contribution in [0.15, 0.2) is 18.2 Å². The van der Waals surface area contributed by atoms with Crippen LogP contribution in [0.25, 0.3) is 0 Å². The minimum atomic E-state index is -0.426. The molecular formula is C12H17FN2O. The fraction of sp³-hybridized carbons (Fsp3) is 0.417. The topological polar surface area (TPSA) is 55.1 Å². The third-order valence-corrected chi connectivity index (χ3v) is 2.67. The van der Waals surface area contributed by atoms with Crippen molar-refractivity contribution in [1.29, 1.82) is 0 Å². The highest BCUT2D eigenvalue weighted by Crippen LogP contribution is 2.19. The van der Waals surface area contributed by atoms with E-state index in [0.29, 0.717) is 5.56 Å². The maximum Gasteiger partial charge on any atom is 0.228 e. The Kier molecular flexibility index (Phi) is 4.01. The fourth-order valence-electron chi connectivity index (χ4n) is 1.27. The molecule has 3 nitrogen and oxygen atoms in total. The van der Waals surface area contributed by atoms with E-state index in [1.165, 1.54) is 6.07 Å². The van der Waals surface area contributed by atoms with Crippen molar-refractivity contribution in [3.63, 3.8) is 0 Å². The number of amides is 1. The van der Waals surface area contributed by atoms with Gasteiger partial charge in [-0.1, -0.05) is 19.1 Å². The summed E-state index contributed by atoms with van der Waals surface area (Å²) >= 11 is 0. The Bertz CT molecular complexity index is 370. The van der Waals surface area contributed by atoms with Gasteiger partial charge < -0.3 is 11.1 Å². The summed E-state index contributed by atoms with van der Waals surface area (Å²) in [5.41, 5.74) is 6.55. The zero-order chi connectivity index (χ0) is 12.3. The second kappa shape index (κ2) is 5.07. The number of rotatable bonds is 3. The standard InChI is InChI=1S/C12H17FN2O/c1-7-5-4-6-10(13)11(7)15-12(16)8(2)9(3)14/h4-6,8-9H,14H2,1-3H3,(H,15,16). The molecule has 0 radical (unpaired) electrons. The minimum absolute atomic E-state index is 0.236. The number of carbonyl (C=O) groups excluding carboxylic acids is 1. The van der Waals surface area contributed by atoms with Crippen LogP contribution in [0.4, 0.5) is 10.1 Å². The molecule has 1 aromatic rings. The van der Waals surface area contributed by atoms with E-state index in [0.717, 1.165) is 0 Å². The number of nitrogens with one attached hydrogen (secondary N) is 1. The van der Waals surface area contributed by atoms with Gasteiger partial charge in [0.25, 0.3) is 0 Å². The monoisotopic (exact) mass is 224 g/mol. The Morgan fingerprint density at radius 2 is 2.06 bits per heavy atom. The van der Waals surface area contributed by atoms with Crippen molar-refractivity contribution in [3.8, 4) is 0 Å². The average Bonchev–Trinajstić information content (AvgIpc) is 2.22. The number of hydrogen-bond donors (Lipinski definition) is 2. The van der Waals surface area contributed by atoms with E-state index >= 15 is 0 Å². The van der Waals surface area contributed by atoms with Crippen molar-refractivity contribution in [2.75, 3.05) is 5.32 Å². The van der Waals surface area contributed by atoms with E-state index in [9.17, 15) is 9.18 Å². The van der Waals surface area contributed by atoms with Crippen molar-refractivity contribution in [1.82, 2.24) is 0 Å². The molecule has 2 unspecified atom stereocenters. The molecule has 0 heterocycles. The van der Waals surface area contributed by atoms with Crippen LogP contribution < -0.4 is 11.1 Å². The van der Waals surface area contributed by atoms with Crippen LogP contribution in [0.3, 0.4) is 0 Å². The molecule has 1 rings (SSSR count). The maximum atomic E-state index is 13.4. The molecule has 2 atom stereocenters. The SMILES string of the molecule is Cc1cccc(F)c1NC(=O)C(C)C(C)N. The molecule has 1 aromatic carbocycles. The highest BCUT2D eigenvalue weighted by Gasteiger charge is 2.18. The van der Waals surface area contributed by atoms with E-state index in [1.54, 1.807) is 32.9 Å². The predicted molar refractivity (Wildman–Crippen MR) is 62.6 cm³/mol. The van der Waals surface area contributed by atoms with Crippen molar-refractivity contribution in [3.05, 3.63) is 29.6 Å². The number of carbonyl (C=O) groups is 1. The first-order valence-corrected chi connectivity index (χ1v) is 5.25. The van der Waals surface area contributed by atoms with Crippen LogP contribution >= 0.6 is 0 Å². The molecular weight excluding hydrogens is 207 g/mol. The summed E-state index contributed by atoms with van der Waals surface area (Å²) in [6.45, 7) is 5.21. The van der Waals surface area contributed by atoms with Gasteiger partial charge >= 0.3 is 0 Å². The lowest BCUT2D eigenvalue weighted by molar-refractivity contribution is -0.119. The van der Waals surface area contributed by atoms with E-state index in [1.807, 2.05) is 0 Å². The van der Waals surface area contributed by atoms with Crippen LogP contribution in [0.2, 0.25) is 0 Å². The summed E-state index contributed by atoms with van der Waals surface area (Å²) in [4.78, 5) is 11.7. The Balaban J connectivity index is 2.85. The van der Waals surface area contributed by atoms with Crippen LogP contribution in [-0.4, -0.2) is 11.9 Å². The van der Waals surface area contributed by atoms with Crippen molar-refractivity contribution < 1.29 is 9.18 Å². The molecule has 0 fully saturated rings. The molecule has 0 bridgehead atoms. The smallest absolute Gasteiger partial charge is 0.228 e. The number of nitrogens with two attached hydrogens (primary N) is 1. The number of halogens is 1. The molecule has 88 valence electrons. The predicted octanol–water partition coefficient (Wildman–Crippen LogP) is 2.06. The first-order valence-electron chi connectivity index (χ1n) is 5.25. The van der Waals surface area contributed by atoms with Crippen LogP contribution in [-0.2, 0) is 4.79 Å². The summed E-state index contributed by atoms with van der Waals surface area (Å²) in [6, 6.07) is 4.41. The summed E-state index contributed by atoms with van der Waals surface area (Å²) in [6.07, 6.45) is 0. The molecule has 16 heavy (non-hydrogen) atoms. The van der Waals surface area contributed by atoms with Gasteiger partial charge in [0.05, 0.1) is 11.6 Å². The third-order valence-electron chi connectivity index (χ3n) is 2.67. The van der Waals surface area contributed by atoms with Gasteiger partial charge in [-0.15, -0.1) is 0 Å². The van der Waals surface area contributed by atoms with E-state index in [-0.39, 0.29) is 23.6 Å². The summed E-state index contributed by atoms with van der Waals surface area (Å²) in [5.74, 6) is -1.03. The van der Waals surface area contributed by atoms with E-state index in [2.05, 4.69) is 5.32 Å². The highest BCUT2D eigenvalue weighted by molar-refractivity contribution is 5.93. The zero-order valence-electron chi connectivity index (χ0n) is 9.75.